The number of nitrogens with zero attached hydrogens (tertiary/aromatic N) is 3. The van der Waals surface area contributed by atoms with Gasteiger partial charge in [0.1, 0.15) is 18.1 Å². The van der Waals surface area contributed by atoms with Gasteiger partial charge in [-0.3, -0.25) is 10.2 Å². The van der Waals surface area contributed by atoms with Gasteiger partial charge in [0.25, 0.3) is 0 Å². The van der Waals surface area contributed by atoms with Crippen LogP contribution in [0.4, 0.5) is 15.6 Å². The van der Waals surface area contributed by atoms with Crippen LogP contribution < -0.4 is 15.4 Å². The van der Waals surface area contributed by atoms with Gasteiger partial charge in [0.2, 0.25) is 5.89 Å². The lowest BCUT2D eigenvalue weighted by molar-refractivity contribution is 0.238. The number of thiazole rings is 1. The van der Waals surface area contributed by atoms with Crippen LogP contribution in [-0.2, 0) is 5.41 Å². The molecule has 1 aliphatic rings. The molecule has 1 fully saturated rings. The van der Waals surface area contributed by atoms with Gasteiger partial charge in [-0.05, 0) is 56.3 Å². The number of carbonyl (C=O) groups excluding carboxylic acids is 1. The number of ether oxygens (including phenoxy) is 1. The van der Waals surface area contributed by atoms with Crippen LogP contribution in [0.15, 0.2) is 41.1 Å². The molecule has 34 heavy (non-hydrogen) atoms. The largest absolute Gasteiger partial charge is 0.492 e. The fourth-order valence-corrected chi connectivity index (χ4v) is 4.19. The van der Waals surface area contributed by atoms with Gasteiger partial charge < -0.3 is 14.5 Å². The van der Waals surface area contributed by atoms with Crippen molar-refractivity contribution in [1.29, 1.82) is 0 Å². The maximum atomic E-state index is 12.3. The van der Waals surface area contributed by atoms with Crippen LogP contribution >= 0.6 is 11.3 Å². The number of hydrogen-bond donors (Lipinski definition) is 2. The van der Waals surface area contributed by atoms with Crippen LogP contribution in [0.25, 0.3) is 12.2 Å². The first-order valence-electron chi connectivity index (χ1n) is 11.5. The van der Waals surface area contributed by atoms with E-state index < -0.39 is 0 Å². The molecular formula is C25H31N5O3S. The number of oxazole rings is 1. The Kier molecular flexibility index (Phi) is 7.64. The molecule has 0 atom stereocenters. The molecule has 1 aliphatic heterocycles. The molecule has 2 N–H and O–H groups in total. The van der Waals surface area contributed by atoms with E-state index in [0.29, 0.717) is 23.3 Å². The molecule has 0 radical (unpaired) electrons. The third kappa shape index (κ3) is 6.91. The van der Waals surface area contributed by atoms with E-state index in [1.807, 2.05) is 30.3 Å². The minimum Gasteiger partial charge on any atom is -0.492 e. The first-order valence-corrected chi connectivity index (χ1v) is 12.3. The van der Waals surface area contributed by atoms with Crippen molar-refractivity contribution in [3.05, 3.63) is 53.2 Å². The summed E-state index contributed by atoms with van der Waals surface area (Å²) >= 11 is 1.36. The molecule has 9 heteroatoms. The van der Waals surface area contributed by atoms with Gasteiger partial charge in [0.05, 0.1) is 6.20 Å². The highest BCUT2D eigenvalue weighted by molar-refractivity contribution is 7.16. The van der Waals surface area contributed by atoms with Gasteiger partial charge in [-0.25, -0.2) is 14.8 Å². The van der Waals surface area contributed by atoms with E-state index in [4.69, 9.17) is 9.15 Å². The predicted molar refractivity (Wildman–Crippen MR) is 136 cm³/mol. The molecule has 8 nitrogen and oxygen atoms in total. The lowest BCUT2D eigenvalue weighted by atomic mass is 9.94. The topological polar surface area (TPSA) is 92.5 Å². The SMILES string of the molecule is CC(C)(C)c1cnc(C=Cc2cnc(NC(=O)Nc3ccc(OCCN4CCCC4)cc3)s2)o1. The van der Waals surface area contributed by atoms with Crippen molar-refractivity contribution in [3.63, 3.8) is 0 Å². The van der Waals surface area contributed by atoms with Crippen LogP contribution in [0.1, 0.15) is 50.1 Å². The van der Waals surface area contributed by atoms with Crippen molar-refractivity contribution < 1.29 is 13.9 Å². The number of urea groups is 1. The number of nitrogens with one attached hydrogen (secondary N) is 2. The van der Waals surface area contributed by atoms with Gasteiger partial charge in [-0.2, -0.15) is 0 Å². The Morgan fingerprint density at radius 3 is 2.59 bits per heavy atom. The van der Waals surface area contributed by atoms with Gasteiger partial charge in [0.15, 0.2) is 5.13 Å². The fraction of sp³-hybridized carbons (Fsp3) is 0.400. The second kappa shape index (κ2) is 10.8. The van der Waals surface area contributed by atoms with Crippen molar-refractivity contribution in [2.75, 3.05) is 36.9 Å². The van der Waals surface area contributed by atoms with Gasteiger partial charge in [0, 0.05) is 34.8 Å². The summed E-state index contributed by atoms with van der Waals surface area (Å²) in [5, 5.41) is 6.07. The normalized spacial score (nSPS) is 14.6. The Balaban J connectivity index is 1.23. The van der Waals surface area contributed by atoms with E-state index in [9.17, 15) is 4.79 Å². The zero-order valence-corrected chi connectivity index (χ0v) is 20.7. The lowest BCUT2D eigenvalue weighted by Gasteiger charge is -2.15. The number of amides is 2. The van der Waals surface area contributed by atoms with Crippen LogP contribution in [0.3, 0.4) is 0 Å². The highest BCUT2D eigenvalue weighted by atomic mass is 32.1. The summed E-state index contributed by atoms with van der Waals surface area (Å²) in [5.74, 6) is 2.16. The van der Waals surface area contributed by atoms with Gasteiger partial charge in [-0.1, -0.05) is 32.1 Å². The van der Waals surface area contributed by atoms with Gasteiger partial charge in [-0.15, -0.1) is 0 Å². The number of hydrogen-bond acceptors (Lipinski definition) is 7. The molecule has 0 aliphatic carbocycles. The lowest BCUT2D eigenvalue weighted by Crippen LogP contribution is -2.25. The number of benzene rings is 1. The Labute approximate surface area is 204 Å². The molecule has 4 rings (SSSR count). The number of rotatable bonds is 8. The Morgan fingerprint density at radius 1 is 1.12 bits per heavy atom. The molecule has 2 amide bonds. The van der Waals surface area contributed by atoms with Crippen LogP contribution in [-0.4, -0.2) is 47.1 Å². The minimum absolute atomic E-state index is 0.0886. The molecule has 2 aromatic heterocycles. The molecule has 0 saturated carbocycles. The number of carbonyl (C=O) groups is 1. The molecule has 3 aromatic rings. The molecule has 3 heterocycles. The average Bonchev–Trinajstić information content (AvgIpc) is 3.55. The van der Waals surface area contributed by atoms with E-state index >= 15 is 0 Å². The van der Waals surface area contributed by atoms with E-state index in [1.165, 1.54) is 24.2 Å². The minimum atomic E-state index is -0.352. The second-order valence-electron chi connectivity index (χ2n) is 9.21. The Bertz CT molecular complexity index is 1110. The van der Waals surface area contributed by atoms with E-state index in [1.54, 1.807) is 18.5 Å². The molecule has 0 bridgehead atoms. The second-order valence-corrected chi connectivity index (χ2v) is 10.3. The highest BCUT2D eigenvalue weighted by Crippen LogP contribution is 2.25. The molecule has 0 spiro atoms. The van der Waals surface area contributed by atoms with E-state index in [-0.39, 0.29) is 11.4 Å². The maximum absolute atomic E-state index is 12.3. The third-order valence-electron chi connectivity index (χ3n) is 5.38. The summed E-state index contributed by atoms with van der Waals surface area (Å²) < 4.78 is 11.6. The standard InChI is InChI=1S/C25H31N5O3S/c1-25(2,3)21-17-26-22(33-21)11-10-20-16-27-24(34-20)29-23(31)28-18-6-8-19(9-7-18)32-15-14-30-12-4-5-13-30/h6-11,16-17H,4-5,12-15H2,1-3H3,(H2,27,28,29,31). The molecule has 180 valence electrons. The monoisotopic (exact) mass is 481 g/mol. The number of anilines is 2. The number of aromatic nitrogens is 2. The van der Waals surface area contributed by atoms with Crippen molar-refractivity contribution in [2.24, 2.45) is 0 Å². The summed E-state index contributed by atoms with van der Waals surface area (Å²) in [4.78, 5) is 24.2. The smallest absolute Gasteiger partial charge is 0.325 e. The zero-order chi connectivity index (χ0) is 24.0. The van der Waals surface area contributed by atoms with Crippen LogP contribution in [0.5, 0.6) is 5.75 Å². The quantitative estimate of drug-likeness (QED) is 0.428. The predicted octanol–water partition coefficient (Wildman–Crippen LogP) is 5.72. The van der Waals surface area contributed by atoms with Crippen molar-refractivity contribution >= 4 is 40.3 Å². The molecule has 1 aromatic carbocycles. The van der Waals surface area contributed by atoms with Crippen molar-refractivity contribution in [1.82, 2.24) is 14.9 Å². The summed E-state index contributed by atoms with van der Waals surface area (Å²) in [7, 11) is 0. The number of likely N-dealkylation sites (tertiary alicyclic amines) is 1. The zero-order valence-electron chi connectivity index (χ0n) is 19.8. The molecular weight excluding hydrogens is 450 g/mol. The van der Waals surface area contributed by atoms with Crippen molar-refractivity contribution in [2.45, 2.75) is 39.0 Å². The Morgan fingerprint density at radius 2 is 1.88 bits per heavy atom. The first kappa shape index (κ1) is 24.0. The third-order valence-corrected chi connectivity index (χ3v) is 6.26. The summed E-state index contributed by atoms with van der Waals surface area (Å²) in [5.41, 5.74) is 0.592. The summed E-state index contributed by atoms with van der Waals surface area (Å²) in [6, 6.07) is 7.01. The highest BCUT2D eigenvalue weighted by Gasteiger charge is 2.18. The maximum Gasteiger partial charge on any atom is 0.325 e. The van der Waals surface area contributed by atoms with Crippen LogP contribution in [0.2, 0.25) is 0 Å². The van der Waals surface area contributed by atoms with Crippen molar-refractivity contribution in [3.8, 4) is 5.75 Å². The molecule has 1 saturated heterocycles. The van der Waals surface area contributed by atoms with Crippen LogP contribution in [0, 0.1) is 0 Å². The van der Waals surface area contributed by atoms with E-state index in [2.05, 4.69) is 46.3 Å². The first-order chi connectivity index (χ1) is 16.3. The Hall–Kier alpha value is -3.17. The fourth-order valence-electron chi connectivity index (χ4n) is 3.48. The summed E-state index contributed by atoms with van der Waals surface area (Å²) in [6.45, 7) is 10.2. The average molecular weight is 482 g/mol. The molecule has 0 unspecified atom stereocenters. The van der Waals surface area contributed by atoms with Gasteiger partial charge >= 0.3 is 6.03 Å². The summed E-state index contributed by atoms with van der Waals surface area (Å²) in [6.07, 6.45) is 9.66. The van der Waals surface area contributed by atoms with E-state index in [0.717, 1.165) is 36.0 Å².